The normalized spacial score (nSPS) is 11.3. The second-order valence-electron chi connectivity index (χ2n) is 7.24. The van der Waals surface area contributed by atoms with Crippen molar-refractivity contribution >= 4 is 52.1 Å². The monoisotopic (exact) mass is 495 g/mol. The lowest BCUT2D eigenvalue weighted by molar-refractivity contribution is -0.115. The number of hydrogen-bond acceptors (Lipinski definition) is 5. The molecule has 0 aromatic heterocycles. The largest absolute Gasteiger partial charge is 0.495 e. The maximum absolute atomic E-state index is 13.0. The lowest BCUT2D eigenvalue weighted by Gasteiger charge is -2.17. The summed E-state index contributed by atoms with van der Waals surface area (Å²) in [5.74, 6) is 1.31. The first-order valence-electron chi connectivity index (χ1n) is 11.0. The quantitative estimate of drug-likeness (QED) is 0.222. The van der Waals surface area contributed by atoms with Crippen molar-refractivity contribution in [2.24, 2.45) is 0 Å². The van der Waals surface area contributed by atoms with Crippen LogP contribution < -0.4 is 25.4 Å². The third-order valence-electron chi connectivity index (χ3n) is 4.83. The molecule has 178 valence electrons. The molecule has 6 nitrogen and oxygen atoms in total. The molecule has 3 aromatic rings. The Morgan fingerprint density at radius 2 is 1.59 bits per heavy atom. The standard InChI is InChI=1S/C26H29N3O3S2/c1-4-24(25(30)28-21-14-7-9-16-23(21)32-5-2)34-19-12-10-11-18(17-19)27-26(33)29-20-13-6-8-15-22(20)31-3/h6-17,24H,4-5H2,1-3H3,(H,28,30)(H2,27,29,33). The van der Waals surface area contributed by atoms with Crippen LogP contribution in [0.25, 0.3) is 0 Å². The van der Waals surface area contributed by atoms with Crippen molar-refractivity contribution in [2.75, 3.05) is 29.7 Å². The van der Waals surface area contributed by atoms with Crippen molar-refractivity contribution in [3.05, 3.63) is 72.8 Å². The molecule has 0 heterocycles. The second kappa shape index (κ2) is 12.9. The Kier molecular flexibility index (Phi) is 9.61. The van der Waals surface area contributed by atoms with E-state index in [1.54, 1.807) is 7.11 Å². The number of para-hydroxylation sites is 4. The van der Waals surface area contributed by atoms with Crippen molar-refractivity contribution in [3.63, 3.8) is 0 Å². The van der Waals surface area contributed by atoms with Gasteiger partial charge in [-0.25, -0.2) is 0 Å². The lowest BCUT2D eigenvalue weighted by atomic mass is 10.2. The fourth-order valence-electron chi connectivity index (χ4n) is 3.23. The minimum atomic E-state index is -0.261. The predicted octanol–water partition coefficient (Wildman–Crippen LogP) is 6.41. The Morgan fingerprint density at radius 3 is 2.26 bits per heavy atom. The number of benzene rings is 3. The van der Waals surface area contributed by atoms with Crippen LogP contribution in [0, 0.1) is 0 Å². The summed E-state index contributed by atoms with van der Waals surface area (Å²) in [7, 11) is 1.62. The highest BCUT2D eigenvalue weighted by Crippen LogP contribution is 2.30. The maximum atomic E-state index is 13.0. The molecular formula is C26H29N3O3S2. The molecule has 8 heteroatoms. The van der Waals surface area contributed by atoms with Gasteiger partial charge in [0.1, 0.15) is 11.5 Å². The number of thioether (sulfide) groups is 1. The van der Waals surface area contributed by atoms with E-state index < -0.39 is 0 Å². The molecule has 3 aromatic carbocycles. The van der Waals surface area contributed by atoms with E-state index in [0.29, 0.717) is 35.3 Å². The third-order valence-corrected chi connectivity index (χ3v) is 6.40. The van der Waals surface area contributed by atoms with Gasteiger partial charge in [-0.15, -0.1) is 11.8 Å². The zero-order valence-corrected chi connectivity index (χ0v) is 21.1. The summed E-state index contributed by atoms with van der Waals surface area (Å²) in [6, 6.07) is 22.9. The number of carbonyl (C=O) groups excluding carboxylic acids is 1. The van der Waals surface area contributed by atoms with E-state index in [0.717, 1.165) is 16.3 Å². The van der Waals surface area contributed by atoms with Gasteiger partial charge < -0.3 is 25.4 Å². The molecule has 34 heavy (non-hydrogen) atoms. The number of thiocarbonyl (C=S) groups is 1. The van der Waals surface area contributed by atoms with E-state index in [1.807, 2.05) is 86.6 Å². The van der Waals surface area contributed by atoms with Gasteiger partial charge in [-0.05, 0) is 68.0 Å². The summed E-state index contributed by atoms with van der Waals surface area (Å²) >= 11 is 6.98. The molecule has 0 radical (unpaired) electrons. The molecule has 0 aliphatic carbocycles. The first kappa shape index (κ1) is 25.4. The highest BCUT2D eigenvalue weighted by molar-refractivity contribution is 8.00. The third kappa shape index (κ3) is 7.13. The summed E-state index contributed by atoms with van der Waals surface area (Å²) < 4.78 is 11.0. The first-order chi connectivity index (χ1) is 16.5. The summed E-state index contributed by atoms with van der Waals surface area (Å²) in [6.45, 7) is 4.45. The van der Waals surface area contributed by atoms with Crippen molar-refractivity contribution in [1.29, 1.82) is 0 Å². The van der Waals surface area contributed by atoms with E-state index in [9.17, 15) is 4.79 Å². The number of nitrogens with one attached hydrogen (secondary N) is 3. The molecule has 0 aliphatic heterocycles. The fraction of sp³-hybridized carbons (Fsp3) is 0.231. The van der Waals surface area contributed by atoms with Crippen LogP contribution in [0.5, 0.6) is 11.5 Å². The number of methoxy groups -OCH3 is 1. The Bertz CT molecular complexity index is 1120. The molecule has 0 saturated carbocycles. The van der Waals surface area contributed by atoms with Gasteiger partial charge in [0.15, 0.2) is 5.11 Å². The number of hydrogen-bond donors (Lipinski definition) is 3. The van der Waals surface area contributed by atoms with Gasteiger partial charge in [-0.2, -0.15) is 0 Å². The van der Waals surface area contributed by atoms with Crippen LogP contribution >= 0.6 is 24.0 Å². The molecule has 1 unspecified atom stereocenters. The summed E-state index contributed by atoms with van der Waals surface area (Å²) in [6.07, 6.45) is 0.679. The van der Waals surface area contributed by atoms with Crippen LogP contribution in [0.1, 0.15) is 20.3 Å². The van der Waals surface area contributed by atoms with E-state index >= 15 is 0 Å². The van der Waals surface area contributed by atoms with Gasteiger partial charge in [0.25, 0.3) is 0 Å². The van der Waals surface area contributed by atoms with Crippen LogP contribution in [0.4, 0.5) is 17.1 Å². The van der Waals surface area contributed by atoms with E-state index in [-0.39, 0.29) is 11.2 Å². The molecule has 1 atom stereocenters. The number of amides is 1. The molecule has 0 bridgehead atoms. The van der Waals surface area contributed by atoms with Crippen LogP contribution in [0.2, 0.25) is 0 Å². The topological polar surface area (TPSA) is 71.6 Å². The highest BCUT2D eigenvalue weighted by atomic mass is 32.2. The van der Waals surface area contributed by atoms with Crippen LogP contribution in [-0.4, -0.2) is 30.0 Å². The van der Waals surface area contributed by atoms with E-state index in [2.05, 4.69) is 16.0 Å². The summed E-state index contributed by atoms with van der Waals surface area (Å²) in [4.78, 5) is 13.9. The second-order valence-corrected chi connectivity index (χ2v) is 8.92. The number of anilines is 3. The van der Waals surface area contributed by atoms with Gasteiger partial charge in [-0.1, -0.05) is 37.3 Å². The first-order valence-corrected chi connectivity index (χ1v) is 12.3. The zero-order valence-electron chi connectivity index (χ0n) is 19.5. The Morgan fingerprint density at radius 1 is 0.912 bits per heavy atom. The average molecular weight is 496 g/mol. The van der Waals surface area contributed by atoms with Crippen LogP contribution in [0.15, 0.2) is 77.7 Å². The van der Waals surface area contributed by atoms with Crippen molar-refractivity contribution < 1.29 is 14.3 Å². The van der Waals surface area contributed by atoms with Crippen molar-refractivity contribution in [1.82, 2.24) is 0 Å². The SMILES string of the molecule is CCOc1ccccc1NC(=O)C(CC)Sc1cccc(NC(=S)Nc2ccccc2OC)c1. The highest BCUT2D eigenvalue weighted by Gasteiger charge is 2.19. The molecule has 0 saturated heterocycles. The zero-order chi connectivity index (χ0) is 24.3. The molecular weight excluding hydrogens is 466 g/mol. The summed E-state index contributed by atoms with van der Waals surface area (Å²) in [5.41, 5.74) is 2.29. The van der Waals surface area contributed by atoms with Gasteiger partial charge >= 0.3 is 0 Å². The smallest absolute Gasteiger partial charge is 0.237 e. The van der Waals surface area contributed by atoms with Crippen LogP contribution in [-0.2, 0) is 4.79 Å². The van der Waals surface area contributed by atoms with Gasteiger partial charge in [0, 0.05) is 10.6 Å². The van der Waals surface area contributed by atoms with Crippen LogP contribution in [0.3, 0.4) is 0 Å². The molecule has 1 amide bonds. The molecule has 3 rings (SSSR count). The predicted molar refractivity (Wildman–Crippen MR) is 145 cm³/mol. The number of carbonyl (C=O) groups is 1. The number of ether oxygens (including phenoxy) is 2. The fourth-order valence-corrected chi connectivity index (χ4v) is 4.47. The minimum Gasteiger partial charge on any atom is -0.495 e. The number of rotatable bonds is 10. The Hall–Kier alpha value is -3.23. The minimum absolute atomic E-state index is 0.0635. The van der Waals surface area contributed by atoms with Gasteiger partial charge in [0.2, 0.25) is 5.91 Å². The molecule has 3 N–H and O–H groups in total. The van der Waals surface area contributed by atoms with Crippen molar-refractivity contribution in [3.8, 4) is 11.5 Å². The van der Waals surface area contributed by atoms with Gasteiger partial charge in [0.05, 0.1) is 30.3 Å². The summed E-state index contributed by atoms with van der Waals surface area (Å²) in [5, 5.41) is 9.55. The maximum Gasteiger partial charge on any atom is 0.237 e. The Labute approximate surface area is 210 Å². The molecule has 0 aliphatic rings. The van der Waals surface area contributed by atoms with E-state index in [1.165, 1.54) is 11.8 Å². The molecule has 0 spiro atoms. The lowest BCUT2D eigenvalue weighted by Crippen LogP contribution is -2.25. The average Bonchev–Trinajstić information content (AvgIpc) is 2.84. The molecule has 0 fully saturated rings. The van der Waals surface area contributed by atoms with Gasteiger partial charge in [-0.3, -0.25) is 4.79 Å². The Balaban J connectivity index is 1.64. The van der Waals surface area contributed by atoms with Crippen molar-refractivity contribution in [2.45, 2.75) is 30.4 Å². The van der Waals surface area contributed by atoms with E-state index in [4.69, 9.17) is 21.7 Å².